The Labute approximate surface area is 185 Å². The third-order valence-corrected chi connectivity index (χ3v) is 5.42. The van der Waals surface area contributed by atoms with Crippen LogP contribution in [0.5, 0.6) is 0 Å². The van der Waals surface area contributed by atoms with Gasteiger partial charge in [0, 0.05) is 30.3 Å². The fourth-order valence-corrected chi connectivity index (χ4v) is 3.74. The lowest BCUT2D eigenvalue weighted by Gasteiger charge is -2.34. The van der Waals surface area contributed by atoms with Crippen LogP contribution in [0.4, 0.5) is 10.5 Å². The second-order valence-electron chi connectivity index (χ2n) is 8.98. The molecule has 1 aliphatic heterocycles. The molecule has 0 unspecified atom stereocenters. The fraction of sp³-hybridized carbons (Fsp3) is 0.385. The smallest absolute Gasteiger partial charge is 0.410 e. The number of rotatable bonds is 4. The molecule has 0 bridgehead atoms. The molecule has 1 fully saturated rings. The zero-order valence-electron chi connectivity index (χ0n) is 19.0. The molecular formula is C26H33N3O2. The number of nitrogens with zero attached hydrogens (tertiary/aromatic N) is 2. The summed E-state index contributed by atoms with van der Waals surface area (Å²) in [5.74, 6) is 0.211. The highest BCUT2D eigenvalue weighted by Crippen LogP contribution is 2.27. The number of ether oxygens (including phenoxy) is 1. The van der Waals surface area contributed by atoms with Crippen LogP contribution in [0.3, 0.4) is 0 Å². The van der Waals surface area contributed by atoms with Gasteiger partial charge in [-0.15, -0.1) is 0 Å². The van der Waals surface area contributed by atoms with Gasteiger partial charge in [0.1, 0.15) is 5.60 Å². The van der Waals surface area contributed by atoms with Gasteiger partial charge in [0.25, 0.3) is 0 Å². The Morgan fingerprint density at radius 2 is 1.55 bits per heavy atom. The molecule has 1 amide bonds. The second kappa shape index (κ2) is 9.82. The average Bonchev–Trinajstić information content (AvgIpc) is 2.77. The number of carbonyl (C=O) groups excluding carboxylic acids is 1. The molecule has 2 aromatic carbocycles. The third-order valence-electron chi connectivity index (χ3n) is 5.42. The van der Waals surface area contributed by atoms with Crippen molar-refractivity contribution in [2.24, 2.45) is 16.6 Å². The van der Waals surface area contributed by atoms with E-state index >= 15 is 0 Å². The molecule has 164 valence electrons. The van der Waals surface area contributed by atoms with Crippen molar-refractivity contribution in [3.63, 3.8) is 0 Å². The SMILES string of the molecule is C/C(C(=Nc1ccccc1)c1ccccc1)=C(/N)C1CCN(C(=O)OC(C)(C)C)CC1. The summed E-state index contributed by atoms with van der Waals surface area (Å²) in [7, 11) is 0. The number of hydrogen-bond acceptors (Lipinski definition) is 4. The zero-order chi connectivity index (χ0) is 22.4. The quantitative estimate of drug-likeness (QED) is 0.648. The maximum atomic E-state index is 12.4. The first-order chi connectivity index (χ1) is 14.7. The van der Waals surface area contributed by atoms with Crippen LogP contribution in [-0.2, 0) is 4.74 Å². The van der Waals surface area contributed by atoms with E-state index in [-0.39, 0.29) is 12.0 Å². The van der Waals surface area contributed by atoms with E-state index in [1.807, 2.05) is 76.2 Å². The lowest BCUT2D eigenvalue weighted by Crippen LogP contribution is -2.42. The summed E-state index contributed by atoms with van der Waals surface area (Å²) in [5, 5.41) is 0. The molecule has 3 rings (SSSR count). The highest BCUT2D eigenvalue weighted by Gasteiger charge is 2.28. The normalized spacial score (nSPS) is 16.6. The number of likely N-dealkylation sites (tertiary alicyclic amines) is 1. The first-order valence-corrected chi connectivity index (χ1v) is 10.9. The van der Waals surface area contributed by atoms with E-state index in [0.717, 1.165) is 41.1 Å². The van der Waals surface area contributed by atoms with Crippen molar-refractivity contribution in [1.29, 1.82) is 0 Å². The molecule has 5 heteroatoms. The first-order valence-electron chi connectivity index (χ1n) is 10.9. The predicted molar refractivity (Wildman–Crippen MR) is 126 cm³/mol. The van der Waals surface area contributed by atoms with Crippen LogP contribution in [0.2, 0.25) is 0 Å². The maximum Gasteiger partial charge on any atom is 0.410 e. The number of allylic oxidation sites excluding steroid dienone is 2. The van der Waals surface area contributed by atoms with Gasteiger partial charge in [0.2, 0.25) is 0 Å². The Morgan fingerprint density at radius 3 is 2.10 bits per heavy atom. The summed E-state index contributed by atoms with van der Waals surface area (Å²) in [4.78, 5) is 19.1. The molecule has 0 atom stereocenters. The van der Waals surface area contributed by atoms with E-state index in [1.165, 1.54) is 0 Å². The number of carbonyl (C=O) groups is 1. The van der Waals surface area contributed by atoms with Gasteiger partial charge in [0.05, 0.1) is 11.4 Å². The van der Waals surface area contributed by atoms with Gasteiger partial charge in [0.15, 0.2) is 0 Å². The minimum absolute atomic E-state index is 0.211. The Balaban J connectivity index is 1.81. The molecule has 2 aromatic rings. The molecule has 31 heavy (non-hydrogen) atoms. The Hall–Kier alpha value is -3.08. The highest BCUT2D eigenvalue weighted by atomic mass is 16.6. The first kappa shape index (κ1) is 22.6. The molecule has 0 radical (unpaired) electrons. The number of hydrogen-bond donors (Lipinski definition) is 1. The Kier molecular flexibility index (Phi) is 7.16. The van der Waals surface area contributed by atoms with Gasteiger partial charge >= 0.3 is 6.09 Å². The van der Waals surface area contributed by atoms with Crippen molar-refractivity contribution < 1.29 is 9.53 Å². The monoisotopic (exact) mass is 419 g/mol. The number of aliphatic imine (C=N–C) groups is 1. The molecule has 1 heterocycles. The van der Waals surface area contributed by atoms with Crippen LogP contribution in [-0.4, -0.2) is 35.4 Å². The van der Waals surface area contributed by atoms with Gasteiger partial charge < -0.3 is 15.4 Å². The summed E-state index contributed by atoms with van der Waals surface area (Å²) in [6, 6.07) is 20.1. The van der Waals surface area contributed by atoms with Crippen LogP contribution in [0.15, 0.2) is 76.9 Å². The van der Waals surface area contributed by atoms with Gasteiger partial charge in [-0.3, -0.25) is 0 Å². The molecule has 2 N–H and O–H groups in total. The Morgan fingerprint density at radius 1 is 1.00 bits per heavy atom. The van der Waals surface area contributed by atoms with Gasteiger partial charge in [-0.05, 0) is 58.2 Å². The van der Waals surface area contributed by atoms with E-state index in [2.05, 4.69) is 12.1 Å². The number of piperidine rings is 1. The molecule has 1 saturated heterocycles. The number of para-hydroxylation sites is 1. The summed E-state index contributed by atoms with van der Waals surface area (Å²) in [5.41, 5.74) is 10.9. The highest BCUT2D eigenvalue weighted by molar-refractivity contribution is 6.13. The number of amides is 1. The van der Waals surface area contributed by atoms with Crippen LogP contribution in [0.25, 0.3) is 0 Å². The number of benzene rings is 2. The second-order valence-corrected chi connectivity index (χ2v) is 8.98. The third kappa shape index (κ3) is 6.20. The van der Waals surface area contributed by atoms with Crippen molar-refractivity contribution in [2.75, 3.05) is 13.1 Å². The lowest BCUT2D eigenvalue weighted by atomic mass is 9.89. The molecule has 0 saturated carbocycles. The van der Waals surface area contributed by atoms with E-state index in [1.54, 1.807) is 4.90 Å². The van der Waals surface area contributed by atoms with Gasteiger partial charge in [-0.2, -0.15) is 0 Å². The summed E-state index contributed by atoms with van der Waals surface area (Å²) >= 11 is 0. The molecular weight excluding hydrogens is 386 g/mol. The van der Waals surface area contributed by atoms with Crippen molar-refractivity contribution in [2.45, 2.75) is 46.1 Å². The molecule has 0 aromatic heterocycles. The summed E-state index contributed by atoms with van der Waals surface area (Å²) < 4.78 is 5.51. The van der Waals surface area contributed by atoms with Crippen LogP contribution in [0, 0.1) is 5.92 Å². The van der Waals surface area contributed by atoms with E-state index < -0.39 is 5.60 Å². The van der Waals surface area contributed by atoms with E-state index in [4.69, 9.17) is 15.5 Å². The standard InChI is InChI=1S/C26H33N3O2/c1-19(23(27)20-15-17-29(18-16-20)25(30)31-26(2,3)4)24(21-11-7-5-8-12-21)28-22-13-9-6-10-14-22/h5-14,20H,15-18,27H2,1-4H3/b23-19-,28-24?. The topological polar surface area (TPSA) is 67.9 Å². The van der Waals surface area contributed by atoms with Crippen molar-refractivity contribution in [3.8, 4) is 0 Å². The van der Waals surface area contributed by atoms with E-state index in [0.29, 0.717) is 13.1 Å². The largest absolute Gasteiger partial charge is 0.444 e. The van der Waals surface area contributed by atoms with Crippen LogP contribution in [0.1, 0.15) is 46.1 Å². The number of nitrogens with two attached hydrogens (primary N) is 1. The maximum absolute atomic E-state index is 12.4. The zero-order valence-corrected chi connectivity index (χ0v) is 19.0. The minimum atomic E-state index is -0.484. The van der Waals surface area contributed by atoms with E-state index in [9.17, 15) is 4.79 Å². The van der Waals surface area contributed by atoms with Crippen molar-refractivity contribution >= 4 is 17.5 Å². The fourth-order valence-electron chi connectivity index (χ4n) is 3.74. The molecule has 1 aliphatic rings. The predicted octanol–water partition coefficient (Wildman–Crippen LogP) is 5.69. The van der Waals surface area contributed by atoms with Crippen molar-refractivity contribution in [3.05, 3.63) is 77.5 Å². The molecule has 0 spiro atoms. The Bertz CT molecular complexity index is 936. The summed E-state index contributed by atoms with van der Waals surface area (Å²) in [6.07, 6.45) is 1.38. The molecule has 0 aliphatic carbocycles. The summed E-state index contributed by atoms with van der Waals surface area (Å²) in [6.45, 7) is 9.00. The minimum Gasteiger partial charge on any atom is -0.444 e. The average molecular weight is 420 g/mol. The molecule has 5 nitrogen and oxygen atoms in total. The van der Waals surface area contributed by atoms with Gasteiger partial charge in [-0.1, -0.05) is 48.5 Å². The van der Waals surface area contributed by atoms with Gasteiger partial charge in [-0.25, -0.2) is 9.79 Å². The van der Waals surface area contributed by atoms with Crippen LogP contribution >= 0.6 is 0 Å². The lowest BCUT2D eigenvalue weighted by molar-refractivity contribution is 0.0194. The van der Waals surface area contributed by atoms with Crippen molar-refractivity contribution in [1.82, 2.24) is 4.90 Å². The van der Waals surface area contributed by atoms with Crippen LogP contribution < -0.4 is 5.73 Å².